The minimum absolute atomic E-state index is 0.281. The van der Waals surface area contributed by atoms with Crippen LogP contribution in [0.15, 0.2) is 149 Å². The summed E-state index contributed by atoms with van der Waals surface area (Å²) >= 11 is 4.12. The van der Waals surface area contributed by atoms with E-state index in [4.69, 9.17) is 0 Å². The molecule has 44 heavy (non-hydrogen) atoms. The van der Waals surface area contributed by atoms with Gasteiger partial charge >= 0.3 is 0 Å². The zero-order chi connectivity index (χ0) is 28.8. The molecule has 3 aromatic carbocycles. The standard InChI is InChI=1S/C42H32S2/c1-2-10-26-23-27(18-17-25(26)9-1)39-29-11-3-5-13-31(29)40(32-14-6-4-12-30(32)39)28-19-21-37-35(24-28)33-20-22-38-41(42(33)44-37)34-15-7-8-16-36(34)43-38/h1-7,9-15,18-25,31,34,36,40H,8,16-17H2. The van der Waals surface area contributed by atoms with Crippen LogP contribution in [-0.2, 0) is 0 Å². The molecule has 10 rings (SSSR count). The highest BCUT2D eigenvalue weighted by Gasteiger charge is 2.37. The van der Waals surface area contributed by atoms with Gasteiger partial charge in [-0.15, -0.1) is 23.1 Å². The van der Waals surface area contributed by atoms with Crippen molar-refractivity contribution in [2.24, 2.45) is 11.8 Å². The van der Waals surface area contributed by atoms with Crippen LogP contribution < -0.4 is 0 Å². The first-order chi connectivity index (χ1) is 21.8. The van der Waals surface area contributed by atoms with Crippen LogP contribution in [0.4, 0.5) is 0 Å². The molecule has 0 N–H and O–H groups in total. The predicted molar refractivity (Wildman–Crippen MR) is 190 cm³/mol. The van der Waals surface area contributed by atoms with Crippen LogP contribution in [-0.4, -0.2) is 5.25 Å². The number of hydrogen-bond donors (Lipinski definition) is 0. The van der Waals surface area contributed by atoms with E-state index < -0.39 is 0 Å². The summed E-state index contributed by atoms with van der Waals surface area (Å²) in [7, 11) is 0. The maximum Gasteiger partial charge on any atom is 0.0405 e. The maximum absolute atomic E-state index is 2.54. The van der Waals surface area contributed by atoms with Crippen molar-refractivity contribution in [3.8, 4) is 0 Å². The van der Waals surface area contributed by atoms with E-state index >= 15 is 0 Å². The van der Waals surface area contributed by atoms with Gasteiger partial charge < -0.3 is 0 Å². The zero-order valence-corrected chi connectivity index (χ0v) is 26.1. The smallest absolute Gasteiger partial charge is 0.0405 e. The average Bonchev–Trinajstić information content (AvgIpc) is 3.65. The molecular formula is C42H32S2. The lowest BCUT2D eigenvalue weighted by atomic mass is 9.65. The van der Waals surface area contributed by atoms with Crippen LogP contribution in [0.1, 0.15) is 53.4 Å². The van der Waals surface area contributed by atoms with Crippen molar-refractivity contribution in [1.82, 2.24) is 0 Å². The summed E-state index contributed by atoms with van der Waals surface area (Å²) in [5, 5.41) is 3.57. The van der Waals surface area contributed by atoms with Gasteiger partial charge in [-0.25, -0.2) is 0 Å². The molecular weight excluding hydrogens is 569 g/mol. The van der Waals surface area contributed by atoms with E-state index in [1.807, 2.05) is 11.3 Å². The Morgan fingerprint density at radius 1 is 0.795 bits per heavy atom. The van der Waals surface area contributed by atoms with E-state index in [2.05, 4.69) is 139 Å². The maximum atomic E-state index is 2.54. The number of rotatable bonds is 2. The first-order valence-corrected chi connectivity index (χ1v) is 17.8. The van der Waals surface area contributed by atoms with E-state index in [-0.39, 0.29) is 5.92 Å². The second-order valence-corrected chi connectivity index (χ2v) is 15.3. The van der Waals surface area contributed by atoms with Gasteiger partial charge in [0, 0.05) is 54.0 Å². The monoisotopic (exact) mass is 600 g/mol. The van der Waals surface area contributed by atoms with Crippen LogP contribution in [0, 0.1) is 11.8 Å². The quantitative estimate of drug-likeness (QED) is 0.206. The molecule has 1 aromatic heterocycles. The molecule has 0 spiro atoms. The fraction of sp³-hybridized carbons (Fsp3) is 0.190. The molecule has 4 aromatic rings. The number of thioether (sulfide) groups is 1. The van der Waals surface area contributed by atoms with Gasteiger partial charge in [0.2, 0.25) is 0 Å². The Morgan fingerprint density at radius 2 is 1.73 bits per heavy atom. The third-order valence-corrected chi connectivity index (χ3v) is 13.3. The van der Waals surface area contributed by atoms with Crippen molar-refractivity contribution < 1.29 is 0 Å². The molecule has 0 bridgehead atoms. The summed E-state index contributed by atoms with van der Waals surface area (Å²) in [5.74, 6) is 1.66. The van der Waals surface area contributed by atoms with E-state index in [0.29, 0.717) is 23.0 Å². The summed E-state index contributed by atoms with van der Waals surface area (Å²) in [6.07, 6.45) is 31.8. The fourth-order valence-corrected chi connectivity index (χ4v) is 11.5. The van der Waals surface area contributed by atoms with Crippen molar-refractivity contribution in [3.63, 3.8) is 0 Å². The van der Waals surface area contributed by atoms with Gasteiger partial charge in [0.15, 0.2) is 0 Å². The Hall–Kier alpha value is -3.85. The third kappa shape index (κ3) is 3.71. The molecule has 212 valence electrons. The van der Waals surface area contributed by atoms with Gasteiger partial charge in [-0.05, 0) is 82.0 Å². The van der Waals surface area contributed by atoms with E-state index in [1.54, 1.807) is 5.56 Å². The van der Waals surface area contributed by atoms with E-state index in [9.17, 15) is 0 Å². The highest BCUT2D eigenvalue weighted by Crippen LogP contribution is 2.55. The zero-order valence-electron chi connectivity index (χ0n) is 24.4. The lowest BCUT2D eigenvalue weighted by molar-refractivity contribution is 0.649. The number of thiophene rings is 1. The fourth-order valence-electron chi connectivity index (χ4n) is 8.65. The van der Waals surface area contributed by atoms with Crippen molar-refractivity contribution >= 4 is 48.8 Å². The van der Waals surface area contributed by atoms with E-state index in [0.717, 1.165) is 6.42 Å². The summed E-state index contributed by atoms with van der Waals surface area (Å²) in [4.78, 5) is 1.51. The minimum atomic E-state index is 0.281. The molecule has 0 amide bonds. The van der Waals surface area contributed by atoms with Crippen molar-refractivity contribution in [1.29, 1.82) is 0 Å². The Morgan fingerprint density at radius 3 is 2.73 bits per heavy atom. The first-order valence-electron chi connectivity index (χ1n) is 16.1. The van der Waals surface area contributed by atoms with Crippen molar-refractivity contribution in [3.05, 3.63) is 166 Å². The average molecular weight is 601 g/mol. The second kappa shape index (κ2) is 9.83. The minimum Gasteiger partial charge on any atom is -0.135 e. The first kappa shape index (κ1) is 25.5. The topological polar surface area (TPSA) is 0 Å². The largest absolute Gasteiger partial charge is 0.135 e. The van der Waals surface area contributed by atoms with E-state index in [1.165, 1.54) is 76.9 Å². The Kier molecular flexibility index (Phi) is 5.69. The van der Waals surface area contributed by atoms with Gasteiger partial charge in [0.05, 0.1) is 0 Å². The van der Waals surface area contributed by atoms with Crippen LogP contribution in [0.3, 0.4) is 0 Å². The molecule has 6 aliphatic rings. The molecule has 0 saturated carbocycles. The Bertz CT molecular complexity index is 2150. The number of benzene rings is 3. The van der Waals surface area contributed by atoms with Crippen LogP contribution >= 0.6 is 23.1 Å². The van der Waals surface area contributed by atoms with Gasteiger partial charge in [0.25, 0.3) is 0 Å². The van der Waals surface area contributed by atoms with Gasteiger partial charge in [-0.3, -0.25) is 0 Å². The molecule has 1 aliphatic heterocycles. The molecule has 0 fully saturated rings. The SMILES string of the molecule is C1=CC2=CC(C3=C4C=CC=CC4C(c4ccc5sc6c7c(ccc6c5c4)SC4CCC=CC74)c4ccccc43)=CCC2C=C1. The normalized spacial score (nSPS) is 27.6. The van der Waals surface area contributed by atoms with Gasteiger partial charge in [-0.1, -0.05) is 109 Å². The van der Waals surface area contributed by atoms with Crippen LogP contribution in [0.5, 0.6) is 0 Å². The molecule has 0 nitrogen and oxygen atoms in total. The molecule has 0 radical (unpaired) electrons. The highest BCUT2D eigenvalue weighted by atomic mass is 32.2. The molecule has 2 heterocycles. The van der Waals surface area contributed by atoms with Crippen molar-refractivity contribution in [2.45, 2.75) is 41.2 Å². The molecule has 5 aliphatic carbocycles. The molecule has 0 saturated heterocycles. The Balaban J connectivity index is 1.13. The molecule has 2 heteroatoms. The molecule has 5 unspecified atom stereocenters. The van der Waals surface area contributed by atoms with Crippen molar-refractivity contribution in [2.75, 3.05) is 0 Å². The predicted octanol–water partition coefficient (Wildman–Crippen LogP) is 11.6. The van der Waals surface area contributed by atoms with Gasteiger partial charge in [-0.2, -0.15) is 0 Å². The number of hydrogen-bond acceptors (Lipinski definition) is 2. The number of fused-ring (bicyclic) bond motifs is 10. The molecule has 5 atom stereocenters. The summed E-state index contributed by atoms with van der Waals surface area (Å²) in [6, 6.07) is 21.4. The summed E-state index contributed by atoms with van der Waals surface area (Å²) in [5.41, 5.74) is 11.5. The van der Waals surface area contributed by atoms with Crippen LogP contribution in [0.2, 0.25) is 0 Å². The third-order valence-electron chi connectivity index (χ3n) is 10.6. The summed E-state index contributed by atoms with van der Waals surface area (Å²) < 4.78 is 2.92. The second-order valence-electron chi connectivity index (χ2n) is 13.0. The Labute approximate surface area is 267 Å². The number of allylic oxidation sites excluding steroid dienone is 16. The van der Waals surface area contributed by atoms with Crippen LogP contribution in [0.25, 0.3) is 25.7 Å². The highest BCUT2D eigenvalue weighted by molar-refractivity contribution is 8.00. The summed E-state index contributed by atoms with van der Waals surface area (Å²) in [6.45, 7) is 0. The van der Waals surface area contributed by atoms with Gasteiger partial charge in [0.1, 0.15) is 0 Å². The lowest BCUT2D eigenvalue weighted by Gasteiger charge is -2.37. The lowest BCUT2D eigenvalue weighted by Crippen LogP contribution is -2.23.